The largest absolute Gasteiger partial charge is 0.379 e. The van der Waals surface area contributed by atoms with Gasteiger partial charge in [0.2, 0.25) is 5.96 Å². The van der Waals surface area contributed by atoms with Crippen molar-refractivity contribution in [2.45, 2.75) is 19.8 Å². The summed E-state index contributed by atoms with van der Waals surface area (Å²) in [5, 5.41) is 6.21. The summed E-state index contributed by atoms with van der Waals surface area (Å²) >= 11 is 0. The molecule has 0 aromatic heterocycles. The number of anilines is 1. The number of nitrogens with one attached hydrogen (secondary N) is 2. The first-order valence-electron chi connectivity index (χ1n) is 10.2. The van der Waals surface area contributed by atoms with Crippen molar-refractivity contribution >= 4 is 17.6 Å². The minimum atomic E-state index is -0.178. The highest BCUT2D eigenvalue weighted by molar-refractivity contribution is 6.09. The highest BCUT2D eigenvalue weighted by atomic mass is 16.5. The molecule has 3 rings (SSSR count). The van der Waals surface area contributed by atoms with Gasteiger partial charge in [0, 0.05) is 30.9 Å². The maximum atomic E-state index is 12.6. The third-order valence-corrected chi connectivity index (χ3v) is 4.87. The molecular weight excluding hydrogens is 364 g/mol. The van der Waals surface area contributed by atoms with Gasteiger partial charge in [0.1, 0.15) is 0 Å². The molecule has 6 nitrogen and oxygen atoms in total. The number of benzene rings is 2. The summed E-state index contributed by atoms with van der Waals surface area (Å²) < 4.78 is 5.39. The summed E-state index contributed by atoms with van der Waals surface area (Å²) in [4.78, 5) is 19.6. The van der Waals surface area contributed by atoms with Crippen molar-refractivity contribution in [2.75, 3.05) is 44.7 Å². The molecule has 0 spiro atoms. The molecule has 1 heterocycles. The lowest BCUT2D eigenvalue weighted by atomic mass is 10.0. The number of nitrogens with zero attached hydrogens (tertiary/aromatic N) is 2. The minimum absolute atomic E-state index is 0.178. The van der Waals surface area contributed by atoms with Crippen LogP contribution < -0.4 is 10.6 Å². The number of ether oxygens (including phenoxy) is 1. The molecule has 0 aliphatic carbocycles. The van der Waals surface area contributed by atoms with Crippen LogP contribution >= 0.6 is 0 Å². The zero-order valence-electron chi connectivity index (χ0n) is 17.2. The summed E-state index contributed by atoms with van der Waals surface area (Å²) in [5.41, 5.74) is 2.75. The third kappa shape index (κ3) is 6.69. The van der Waals surface area contributed by atoms with Gasteiger partial charge in [-0.3, -0.25) is 20.0 Å². The number of carbonyl (C=O) groups excluding carboxylic acids is 1. The molecular formula is C23H30N4O2. The Kier molecular flexibility index (Phi) is 7.78. The Morgan fingerprint density at radius 2 is 1.86 bits per heavy atom. The zero-order chi connectivity index (χ0) is 20.5. The molecule has 0 atom stereocenters. The third-order valence-electron chi connectivity index (χ3n) is 4.87. The van der Waals surface area contributed by atoms with Crippen molar-refractivity contribution in [1.82, 2.24) is 10.2 Å². The first-order valence-corrected chi connectivity index (χ1v) is 10.2. The van der Waals surface area contributed by atoms with Crippen LogP contribution in [0.5, 0.6) is 0 Å². The van der Waals surface area contributed by atoms with Gasteiger partial charge in [-0.25, -0.2) is 0 Å². The molecule has 0 radical (unpaired) electrons. The van der Waals surface area contributed by atoms with Gasteiger partial charge in [0.25, 0.3) is 5.91 Å². The van der Waals surface area contributed by atoms with Gasteiger partial charge in [0.05, 0.1) is 19.8 Å². The lowest BCUT2D eigenvalue weighted by molar-refractivity contribution is 0.0394. The normalized spacial score (nSPS) is 15.3. The van der Waals surface area contributed by atoms with Crippen LogP contribution in [0.4, 0.5) is 5.69 Å². The number of rotatable bonds is 6. The molecule has 0 bridgehead atoms. The minimum Gasteiger partial charge on any atom is -0.379 e. The second-order valence-electron chi connectivity index (χ2n) is 7.41. The first kappa shape index (κ1) is 21.0. The summed E-state index contributed by atoms with van der Waals surface area (Å²) in [6.07, 6.45) is 0. The highest BCUT2D eigenvalue weighted by Crippen LogP contribution is 2.18. The summed E-state index contributed by atoms with van der Waals surface area (Å²) in [7, 11) is 0. The Morgan fingerprint density at radius 3 is 2.59 bits per heavy atom. The van der Waals surface area contributed by atoms with Gasteiger partial charge in [-0.1, -0.05) is 44.2 Å². The van der Waals surface area contributed by atoms with Gasteiger partial charge < -0.3 is 10.1 Å². The fraction of sp³-hybridized carbons (Fsp3) is 0.391. The van der Waals surface area contributed by atoms with E-state index < -0.39 is 0 Å². The number of morpholine rings is 1. The topological polar surface area (TPSA) is 66.0 Å². The quantitative estimate of drug-likeness (QED) is 0.583. The van der Waals surface area contributed by atoms with Gasteiger partial charge in [-0.2, -0.15) is 0 Å². The molecule has 1 saturated heterocycles. The number of hydrogen-bond donors (Lipinski definition) is 2. The van der Waals surface area contributed by atoms with Gasteiger partial charge >= 0.3 is 0 Å². The van der Waals surface area contributed by atoms with Crippen molar-refractivity contribution in [3.63, 3.8) is 0 Å². The lowest BCUT2D eigenvalue weighted by Gasteiger charge is -2.25. The van der Waals surface area contributed by atoms with E-state index in [2.05, 4.69) is 46.5 Å². The summed E-state index contributed by atoms with van der Waals surface area (Å²) in [5.74, 6) is 0.716. The monoisotopic (exact) mass is 394 g/mol. The van der Waals surface area contributed by atoms with E-state index >= 15 is 0 Å². The Balaban J connectivity index is 1.70. The van der Waals surface area contributed by atoms with Gasteiger partial charge in [-0.05, 0) is 35.7 Å². The van der Waals surface area contributed by atoms with E-state index in [4.69, 9.17) is 4.74 Å². The maximum Gasteiger partial charge on any atom is 0.257 e. The van der Waals surface area contributed by atoms with Crippen LogP contribution in [-0.2, 0) is 4.74 Å². The Labute approximate surface area is 173 Å². The SMILES string of the molecule is CC(C)c1cccc(NC(=NCCN2CCOCC2)NC(=O)c2ccccc2)c1. The fourth-order valence-corrected chi connectivity index (χ4v) is 3.12. The molecule has 1 amide bonds. The smallest absolute Gasteiger partial charge is 0.257 e. The average Bonchev–Trinajstić information content (AvgIpc) is 2.75. The molecule has 2 N–H and O–H groups in total. The van der Waals surface area contributed by atoms with E-state index in [1.54, 1.807) is 12.1 Å². The Bertz CT molecular complexity index is 815. The maximum absolute atomic E-state index is 12.6. The van der Waals surface area contributed by atoms with Crippen molar-refractivity contribution in [1.29, 1.82) is 0 Å². The number of aliphatic imine (C=N–C) groups is 1. The molecule has 29 heavy (non-hydrogen) atoms. The van der Waals surface area contributed by atoms with Crippen LogP contribution in [0.2, 0.25) is 0 Å². The predicted octanol–water partition coefficient (Wildman–Crippen LogP) is 3.34. The second-order valence-corrected chi connectivity index (χ2v) is 7.41. The number of hydrogen-bond acceptors (Lipinski definition) is 4. The van der Waals surface area contributed by atoms with Crippen LogP contribution in [0.3, 0.4) is 0 Å². The molecule has 6 heteroatoms. The van der Waals surface area contributed by atoms with Crippen LogP contribution in [0.25, 0.3) is 0 Å². The Hall–Kier alpha value is -2.70. The molecule has 2 aromatic carbocycles. The van der Waals surface area contributed by atoms with Crippen molar-refractivity contribution < 1.29 is 9.53 Å². The van der Waals surface area contributed by atoms with Crippen molar-refractivity contribution in [2.24, 2.45) is 4.99 Å². The highest BCUT2D eigenvalue weighted by Gasteiger charge is 2.12. The van der Waals surface area contributed by atoms with E-state index in [1.165, 1.54) is 5.56 Å². The molecule has 1 aliphatic rings. The van der Waals surface area contributed by atoms with Gasteiger partial charge in [-0.15, -0.1) is 0 Å². The number of guanidine groups is 1. The number of amides is 1. The van der Waals surface area contributed by atoms with E-state index in [1.807, 2.05) is 30.3 Å². The first-order chi connectivity index (χ1) is 14.1. The summed E-state index contributed by atoms with van der Waals surface area (Å²) in [6, 6.07) is 17.4. The fourth-order valence-electron chi connectivity index (χ4n) is 3.12. The average molecular weight is 395 g/mol. The predicted molar refractivity (Wildman–Crippen MR) is 118 cm³/mol. The molecule has 0 unspecified atom stereocenters. The zero-order valence-corrected chi connectivity index (χ0v) is 17.2. The number of carbonyl (C=O) groups is 1. The van der Waals surface area contributed by atoms with Crippen LogP contribution in [0.1, 0.15) is 35.7 Å². The van der Waals surface area contributed by atoms with Crippen LogP contribution in [0, 0.1) is 0 Å². The van der Waals surface area contributed by atoms with Crippen molar-refractivity contribution in [3.8, 4) is 0 Å². The van der Waals surface area contributed by atoms with E-state index in [0.717, 1.165) is 38.5 Å². The van der Waals surface area contributed by atoms with E-state index in [-0.39, 0.29) is 5.91 Å². The second kappa shape index (κ2) is 10.7. The lowest BCUT2D eigenvalue weighted by Crippen LogP contribution is -2.39. The molecule has 2 aromatic rings. The van der Waals surface area contributed by atoms with E-state index in [0.29, 0.717) is 24.0 Å². The van der Waals surface area contributed by atoms with Crippen LogP contribution in [0.15, 0.2) is 59.6 Å². The molecule has 1 fully saturated rings. The van der Waals surface area contributed by atoms with Gasteiger partial charge in [0.15, 0.2) is 0 Å². The standard InChI is InChI=1S/C23H30N4O2/c1-18(2)20-9-6-10-21(17-20)25-23(24-11-12-27-13-15-29-16-14-27)26-22(28)19-7-4-3-5-8-19/h3-10,17-18H,11-16H2,1-2H3,(H2,24,25,26,28). The van der Waals surface area contributed by atoms with Crippen LogP contribution in [-0.4, -0.2) is 56.2 Å². The van der Waals surface area contributed by atoms with E-state index in [9.17, 15) is 4.79 Å². The Morgan fingerprint density at radius 1 is 1.10 bits per heavy atom. The molecule has 154 valence electrons. The molecule has 1 aliphatic heterocycles. The van der Waals surface area contributed by atoms with Crippen molar-refractivity contribution in [3.05, 3.63) is 65.7 Å². The molecule has 0 saturated carbocycles. The summed E-state index contributed by atoms with van der Waals surface area (Å²) in [6.45, 7) is 9.13.